The fourth-order valence-corrected chi connectivity index (χ4v) is 5.70. The Hall–Kier alpha value is -3.36. The van der Waals surface area contributed by atoms with Gasteiger partial charge >= 0.3 is 0 Å². The molecule has 0 heterocycles. The zero-order chi connectivity index (χ0) is 31.9. The Labute approximate surface area is 261 Å². The van der Waals surface area contributed by atoms with Gasteiger partial charge in [0.15, 0.2) is 0 Å². The Morgan fingerprint density at radius 3 is 2.39 bits per heavy atom. The summed E-state index contributed by atoms with van der Waals surface area (Å²) in [5.74, 6) is -1.60. The molecule has 2 aromatic rings. The standard InChI is InChI=1S/C36H49F2N3O3/c1-4-17-41(18-5-2)35(43)16-15-32(29-13-8-7-9-14-29)36(44)40-33(22-28-20-30(37)23-31(38)21-28)34(42)25-39-24-27-12-10-11-26(6-3)19-27/h7-14,19-20,23,31-34,39,42H,4-6,15-18,21-22,24-25H2,1-3H3,(H,40,44)/t31?,32?,33-,34+/m0/s1. The Bertz CT molecular complexity index is 1240. The van der Waals surface area contributed by atoms with Crippen molar-refractivity contribution in [1.82, 2.24) is 15.5 Å². The third-order valence-corrected chi connectivity index (χ3v) is 8.00. The van der Waals surface area contributed by atoms with E-state index in [1.807, 2.05) is 61.2 Å². The van der Waals surface area contributed by atoms with Gasteiger partial charge in [-0.2, -0.15) is 0 Å². The molecule has 8 heteroatoms. The van der Waals surface area contributed by atoms with Crippen LogP contribution in [0.3, 0.4) is 0 Å². The molecule has 2 aromatic carbocycles. The van der Waals surface area contributed by atoms with Crippen molar-refractivity contribution in [2.75, 3.05) is 19.6 Å². The number of aryl methyl sites for hydroxylation is 1. The van der Waals surface area contributed by atoms with E-state index < -0.39 is 30.1 Å². The summed E-state index contributed by atoms with van der Waals surface area (Å²) >= 11 is 0. The van der Waals surface area contributed by atoms with Gasteiger partial charge in [-0.05, 0) is 60.9 Å². The number of hydrogen-bond acceptors (Lipinski definition) is 4. The van der Waals surface area contributed by atoms with Crippen LogP contribution in [-0.4, -0.2) is 59.8 Å². The van der Waals surface area contributed by atoms with E-state index in [9.17, 15) is 23.5 Å². The molecule has 2 unspecified atom stereocenters. The highest BCUT2D eigenvalue weighted by Gasteiger charge is 2.29. The maximum Gasteiger partial charge on any atom is 0.227 e. The maximum atomic E-state index is 14.2. The summed E-state index contributed by atoms with van der Waals surface area (Å²) in [6.45, 7) is 8.21. The van der Waals surface area contributed by atoms with E-state index in [1.54, 1.807) is 0 Å². The minimum atomic E-state index is -1.45. The molecule has 0 spiro atoms. The van der Waals surface area contributed by atoms with Gasteiger partial charge in [0.05, 0.1) is 18.1 Å². The molecular weight excluding hydrogens is 560 g/mol. The molecule has 0 fully saturated rings. The van der Waals surface area contributed by atoms with Crippen LogP contribution in [0.25, 0.3) is 0 Å². The number of rotatable bonds is 18. The number of aliphatic hydroxyl groups excluding tert-OH is 1. The first kappa shape index (κ1) is 35.1. The van der Waals surface area contributed by atoms with E-state index in [2.05, 4.69) is 29.7 Å². The number of benzene rings is 2. The number of carbonyl (C=O) groups is 2. The van der Waals surface area contributed by atoms with E-state index in [0.29, 0.717) is 31.6 Å². The molecule has 0 saturated carbocycles. The van der Waals surface area contributed by atoms with E-state index in [-0.39, 0.29) is 37.6 Å². The summed E-state index contributed by atoms with van der Waals surface area (Å²) < 4.78 is 28.3. The molecule has 2 amide bonds. The van der Waals surface area contributed by atoms with Crippen LogP contribution in [0.5, 0.6) is 0 Å². The van der Waals surface area contributed by atoms with Crippen molar-refractivity contribution in [2.45, 2.75) is 96.5 Å². The number of hydrogen-bond donors (Lipinski definition) is 3. The SMILES string of the molecule is CCCN(CCC)C(=O)CCC(C(=O)N[C@@H](CC1=CC(F)=CC(F)C1)[C@H](O)CNCc1cccc(CC)c1)c1ccccc1. The lowest BCUT2D eigenvalue weighted by atomic mass is 9.90. The minimum absolute atomic E-state index is 0.00502. The Morgan fingerprint density at radius 1 is 1.02 bits per heavy atom. The summed E-state index contributed by atoms with van der Waals surface area (Å²) in [5.41, 5.74) is 3.55. The van der Waals surface area contributed by atoms with Crippen LogP contribution >= 0.6 is 0 Å². The second-order valence-electron chi connectivity index (χ2n) is 11.6. The third-order valence-electron chi connectivity index (χ3n) is 8.00. The summed E-state index contributed by atoms with van der Waals surface area (Å²) in [6.07, 6.45) is 3.00. The van der Waals surface area contributed by atoms with Crippen LogP contribution in [0.2, 0.25) is 0 Å². The normalized spacial score (nSPS) is 16.8. The number of carbonyl (C=O) groups excluding carboxylic acids is 2. The third kappa shape index (κ3) is 11.3. The van der Waals surface area contributed by atoms with Crippen molar-refractivity contribution < 1.29 is 23.5 Å². The zero-order valence-electron chi connectivity index (χ0n) is 26.4. The lowest BCUT2D eigenvalue weighted by Crippen LogP contribution is -2.49. The molecule has 3 rings (SSSR count). The summed E-state index contributed by atoms with van der Waals surface area (Å²) in [6, 6.07) is 16.7. The molecule has 0 aromatic heterocycles. The van der Waals surface area contributed by atoms with E-state index in [4.69, 9.17) is 0 Å². The van der Waals surface area contributed by atoms with Gasteiger partial charge in [-0.3, -0.25) is 9.59 Å². The number of amides is 2. The van der Waals surface area contributed by atoms with Crippen molar-refractivity contribution in [2.24, 2.45) is 0 Å². The van der Waals surface area contributed by atoms with Gasteiger partial charge in [-0.25, -0.2) is 8.78 Å². The number of halogens is 2. The molecule has 4 atom stereocenters. The number of aliphatic hydroxyl groups is 1. The van der Waals surface area contributed by atoms with Gasteiger partial charge in [-0.1, -0.05) is 80.9 Å². The van der Waals surface area contributed by atoms with Gasteiger partial charge in [0.25, 0.3) is 0 Å². The molecular formula is C36H49F2N3O3. The van der Waals surface area contributed by atoms with Crippen molar-refractivity contribution in [3.05, 3.63) is 94.8 Å². The van der Waals surface area contributed by atoms with E-state index >= 15 is 0 Å². The largest absolute Gasteiger partial charge is 0.390 e. The molecule has 240 valence electrons. The van der Waals surface area contributed by atoms with Crippen molar-refractivity contribution >= 4 is 11.8 Å². The first-order chi connectivity index (χ1) is 21.2. The molecule has 0 radical (unpaired) electrons. The molecule has 0 aliphatic heterocycles. The predicted molar refractivity (Wildman–Crippen MR) is 172 cm³/mol. The Kier molecular flexibility index (Phi) is 14.7. The summed E-state index contributed by atoms with van der Waals surface area (Å²) in [5, 5.41) is 17.6. The minimum Gasteiger partial charge on any atom is -0.390 e. The molecule has 3 N–H and O–H groups in total. The van der Waals surface area contributed by atoms with Crippen molar-refractivity contribution in [3.8, 4) is 0 Å². The van der Waals surface area contributed by atoms with E-state index in [1.165, 1.54) is 11.6 Å². The van der Waals surface area contributed by atoms with Crippen LogP contribution in [-0.2, 0) is 22.6 Å². The number of allylic oxidation sites excluding steroid dienone is 3. The molecule has 1 aliphatic rings. The second kappa shape index (κ2) is 18.4. The lowest BCUT2D eigenvalue weighted by molar-refractivity contribution is -0.131. The Balaban J connectivity index is 1.77. The number of nitrogens with one attached hydrogen (secondary N) is 2. The highest BCUT2D eigenvalue weighted by molar-refractivity contribution is 5.85. The van der Waals surface area contributed by atoms with Gasteiger partial charge in [0, 0.05) is 39.0 Å². The van der Waals surface area contributed by atoms with Crippen molar-refractivity contribution in [3.63, 3.8) is 0 Å². The topological polar surface area (TPSA) is 81.7 Å². The first-order valence-corrected chi connectivity index (χ1v) is 16.0. The number of alkyl halides is 1. The quantitative estimate of drug-likeness (QED) is 0.185. The smallest absolute Gasteiger partial charge is 0.227 e. The molecule has 0 bridgehead atoms. The average Bonchev–Trinajstić information content (AvgIpc) is 3.00. The predicted octanol–water partition coefficient (Wildman–Crippen LogP) is 6.31. The van der Waals surface area contributed by atoms with Crippen LogP contribution < -0.4 is 10.6 Å². The molecule has 0 saturated heterocycles. The number of nitrogens with zero attached hydrogens (tertiary/aromatic N) is 1. The highest BCUT2D eigenvalue weighted by Crippen LogP contribution is 2.27. The van der Waals surface area contributed by atoms with Crippen LogP contribution in [0.1, 0.15) is 81.9 Å². The van der Waals surface area contributed by atoms with Crippen LogP contribution in [0.4, 0.5) is 8.78 Å². The fraction of sp³-hybridized carbons (Fsp3) is 0.500. The maximum absolute atomic E-state index is 14.2. The first-order valence-electron chi connectivity index (χ1n) is 16.0. The zero-order valence-corrected chi connectivity index (χ0v) is 26.4. The highest BCUT2D eigenvalue weighted by atomic mass is 19.1. The fourth-order valence-electron chi connectivity index (χ4n) is 5.70. The van der Waals surface area contributed by atoms with Gasteiger partial charge in [0.1, 0.15) is 12.0 Å². The average molecular weight is 610 g/mol. The molecule has 1 aliphatic carbocycles. The van der Waals surface area contributed by atoms with Gasteiger partial charge in [-0.15, -0.1) is 0 Å². The van der Waals surface area contributed by atoms with Gasteiger partial charge in [0.2, 0.25) is 11.8 Å². The monoisotopic (exact) mass is 609 g/mol. The van der Waals surface area contributed by atoms with Crippen molar-refractivity contribution in [1.29, 1.82) is 0 Å². The lowest BCUT2D eigenvalue weighted by Gasteiger charge is -2.29. The van der Waals surface area contributed by atoms with E-state index in [0.717, 1.165) is 36.5 Å². The van der Waals surface area contributed by atoms with Crippen LogP contribution in [0, 0.1) is 0 Å². The summed E-state index contributed by atoms with van der Waals surface area (Å²) in [4.78, 5) is 28.8. The Morgan fingerprint density at radius 2 is 1.73 bits per heavy atom. The van der Waals surface area contributed by atoms with Crippen LogP contribution in [0.15, 0.2) is 78.1 Å². The molecule has 6 nitrogen and oxygen atoms in total. The summed E-state index contributed by atoms with van der Waals surface area (Å²) in [7, 11) is 0. The second-order valence-corrected chi connectivity index (χ2v) is 11.6. The molecule has 44 heavy (non-hydrogen) atoms. The van der Waals surface area contributed by atoms with Gasteiger partial charge < -0.3 is 20.6 Å².